The van der Waals surface area contributed by atoms with Gasteiger partial charge in [-0.05, 0) is 43.4 Å². The normalized spacial score (nSPS) is 24.3. The van der Waals surface area contributed by atoms with Gasteiger partial charge < -0.3 is 79.5 Å². The van der Waals surface area contributed by atoms with Gasteiger partial charge in [-0.15, -0.1) is 0 Å². The van der Waals surface area contributed by atoms with Crippen molar-refractivity contribution in [2.75, 3.05) is 13.2 Å². The number of phenolic OH excluding ortho intramolecular Hbond substituents is 1. The number of phenols is 1. The molecule has 0 spiro atoms. The Balaban J connectivity index is 2.70. The molecule has 10 atom stereocenters. The van der Waals surface area contributed by atoms with E-state index in [0.29, 0.717) is 24.3 Å². The molecule has 73 heavy (non-hydrogen) atoms. The molecule has 1 aromatic rings. The summed E-state index contributed by atoms with van der Waals surface area (Å²) in [5.74, 6) is -12.6. The van der Waals surface area contributed by atoms with Gasteiger partial charge in [0.05, 0.1) is 32.2 Å². The summed E-state index contributed by atoms with van der Waals surface area (Å²) in [6.07, 6.45) is 1.58. The number of rotatable bonds is 22. The zero-order chi connectivity index (χ0) is 54.8. The molecule has 26 nitrogen and oxygen atoms in total. The zero-order valence-electron chi connectivity index (χ0n) is 41.5. The maximum Gasteiger partial charge on any atom is 0.303 e. The summed E-state index contributed by atoms with van der Waals surface area (Å²) in [5.41, 5.74) is 11.2. The third-order valence-electron chi connectivity index (χ3n) is 12.1. The SMILES string of the molecule is CC[C@H](C)CCCCCCCC[C@@H]1CC(=O)N[C@@H](CC(N)=O)C(=O)N[C@H](Cc2ccc(O)cc2)C(=O)N[C@H](CC(N)=O)C(=O)N[C@@H](CO)C(=O)N[C@@H](CCC(=O)O)C(=O)N[C@H](CO)C(=O)N[C@@H]([C@@H](C)O)C(=O)N1. The number of nitrogens with two attached hydrogens (primary N) is 2. The van der Waals surface area contributed by atoms with Gasteiger partial charge in [-0.1, -0.05) is 77.3 Å². The van der Waals surface area contributed by atoms with Crippen molar-refractivity contribution in [3.05, 3.63) is 29.8 Å². The van der Waals surface area contributed by atoms with Crippen LogP contribution in [0, 0.1) is 5.92 Å². The molecule has 0 aromatic heterocycles. The van der Waals surface area contributed by atoms with E-state index >= 15 is 0 Å². The fourth-order valence-electron chi connectivity index (χ4n) is 7.63. The van der Waals surface area contributed by atoms with Gasteiger partial charge in [0.2, 0.25) is 59.1 Å². The molecular weight excluding hydrogens is 961 g/mol. The van der Waals surface area contributed by atoms with Crippen molar-refractivity contribution in [2.24, 2.45) is 17.4 Å². The van der Waals surface area contributed by atoms with Gasteiger partial charge in [-0.25, -0.2) is 0 Å². The first-order valence-electron chi connectivity index (χ1n) is 24.4. The Bertz CT molecular complexity index is 2060. The standard InChI is InChI=1S/C47H74N10O16/c1-4-25(2)11-9-7-5-6-8-10-12-28-20-38(64)51-32(21-36(48)62)43(69)53-31(19-27-13-15-29(61)16-14-27)42(68)54-33(22-37(49)63)44(70)56-34(23-58)45(71)52-30(17-18-39(65)66)41(67)55-35(24-59)46(72)57-40(26(3)60)47(73)50-28/h13-16,25-26,28,30-35,40,58-61H,4-12,17-24H2,1-3H3,(H2,48,62)(H2,49,63)(H,50,73)(H,51,64)(H,52,71)(H,53,69)(H,54,68)(H,55,67)(H,56,70)(H,57,72)(H,65,66)/t25-,26+,28+,30-,31+,32-,33+,34-,35+,40-/m0/s1. The lowest BCUT2D eigenvalue weighted by Crippen LogP contribution is -2.62. The number of nitrogens with one attached hydrogen (secondary N) is 8. The minimum atomic E-state index is -1.98. The zero-order valence-corrected chi connectivity index (χ0v) is 41.5. The van der Waals surface area contributed by atoms with E-state index in [1.165, 1.54) is 24.3 Å². The van der Waals surface area contributed by atoms with Crippen LogP contribution in [0.4, 0.5) is 0 Å². The number of carboxylic acid groups (broad SMARTS) is 1. The summed E-state index contributed by atoms with van der Waals surface area (Å²) in [4.78, 5) is 146. The van der Waals surface area contributed by atoms with E-state index < -0.39 is 165 Å². The van der Waals surface area contributed by atoms with Crippen molar-refractivity contribution in [2.45, 2.75) is 172 Å². The number of aliphatic hydroxyl groups is 3. The monoisotopic (exact) mass is 1030 g/mol. The maximum absolute atomic E-state index is 14.1. The summed E-state index contributed by atoms with van der Waals surface area (Å²) in [5, 5.41) is 68.6. The number of hydrogen-bond acceptors (Lipinski definition) is 15. The highest BCUT2D eigenvalue weighted by atomic mass is 16.4. The minimum absolute atomic E-state index is 0.157. The van der Waals surface area contributed by atoms with Gasteiger partial charge in [0.25, 0.3) is 0 Å². The number of carbonyl (C=O) groups is 11. The number of amides is 10. The lowest BCUT2D eigenvalue weighted by Gasteiger charge is -2.28. The van der Waals surface area contributed by atoms with Crippen LogP contribution in [0.3, 0.4) is 0 Å². The summed E-state index contributed by atoms with van der Waals surface area (Å²) in [6.45, 7) is 3.13. The maximum atomic E-state index is 14.1. The molecule has 408 valence electrons. The summed E-state index contributed by atoms with van der Waals surface area (Å²) in [6, 6.07) is -8.62. The highest BCUT2D eigenvalue weighted by Crippen LogP contribution is 2.17. The van der Waals surface area contributed by atoms with Crippen molar-refractivity contribution in [1.82, 2.24) is 42.5 Å². The topological polar surface area (TPSA) is 437 Å². The lowest BCUT2D eigenvalue weighted by molar-refractivity contribution is -0.139. The first kappa shape index (κ1) is 62.2. The third kappa shape index (κ3) is 23.4. The molecule has 0 bridgehead atoms. The first-order chi connectivity index (χ1) is 34.5. The molecule has 0 radical (unpaired) electrons. The highest BCUT2D eigenvalue weighted by Gasteiger charge is 2.36. The highest BCUT2D eigenvalue weighted by molar-refractivity contribution is 5.99. The van der Waals surface area contributed by atoms with Crippen molar-refractivity contribution >= 4 is 65.0 Å². The van der Waals surface area contributed by atoms with E-state index in [1.54, 1.807) is 0 Å². The first-order valence-corrected chi connectivity index (χ1v) is 24.4. The molecule has 0 unspecified atom stereocenters. The van der Waals surface area contributed by atoms with Crippen LogP contribution in [0.1, 0.15) is 116 Å². The fourth-order valence-corrected chi connectivity index (χ4v) is 7.63. The van der Waals surface area contributed by atoms with Crippen LogP contribution < -0.4 is 54.0 Å². The number of aliphatic hydroxyl groups excluding tert-OH is 3. The van der Waals surface area contributed by atoms with E-state index in [9.17, 15) is 78.3 Å². The number of carbonyl (C=O) groups excluding carboxylic acids is 10. The average molecular weight is 1040 g/mol. The molecule has 26 heteroatoms. The number of hydrogen-bond donors (Lipinski definition) is 15. The van der Waals surface area contributed by atoms with Gasteiger partial charge in [0.1, 0.15) is 48.0 Å². The van der Waals surface area contributed by atoms with Crippen molar-refractivity contribution in [1.29, 1.82) is 0 Å². The number of primary amides is 2. The van der Waals surface area contributed by atoms with Crippen LogP contribution in [0.15, 0.2) is 24.3 Å². The van der Waals surface area contributed by atoms with Crippen LogP contribution >= 0.6 is 0 Å². The molecule has 2 rings (SSSR count). The molecule has 10 amide bonds. The van der Waals surface area contributed by atoms with Crippen molar-refractivity contribution in [3.63, 3.8) is 0 Å². The summed E-state index contributed by atoms with van der Waals surface area (Å²) in [7, 11) is 0. The molecule has 0 saturated carbocycles. The second-order valence-corrected chi connectivity index (χ2v) is 18.3. The predicted octanol–water partition coefficient (Wildman–Crippen LogP) is -3.64. The number of carboxylic acids is 1. The smallest absolute Gasteiger partial charge is 0.303 e. The molecule has 0 aliphatic carbocycles. The molecule has 1 aliphatic rings. The summed E-state index contributed by atoms with van der Waals surface area (Å²) >= 11 is 0. The second kappa shape index (κ2) is 32.2. The number of benzene rings is 1. The Morgan fingerprint density at radius 2 is 1.04 bits per heavy atom. The number of aromatic hydroxyl groups is 1. The van der Waals surface area contributed by atoms with Crippen LogP contribution in [0.5, 0.6) is 5.75 Å². The van der Waals surface area contributed by atoms with Crippen LogP contribution in [-0.2, 0) is 59.2 Å². The fraction of sp³-hybridized carbons (Fsp3) is 0.638. The van der Waals surface area contributed by atoms with E-state index in [-0.39, 0.29) is 18.6 Å². The van der Waals surface area contributed by atoms with Crippen LogP contribution in [0.25, 0.3) is 0 Å². The Morgan fingerprint density at radius 1 is 0.589 bits per heavy atom. The lowest BCUT2D eigenvalue weighted by atomic mass is 9.99. The molecule has 1 fully saturated rings. The molecular formula is C47H74N10O16. The predicted molar refractivity (Wildman–Crippen MR) is 259 cm³/mol. The van der Waals surface area contributed by atoms with E-state index in [4.69, 9.17) is 11.5 Å². The molecule has 1 aromatic carbocycles. The second-order valence-electron chi connectivity index (χ2n) is 18.3. The third-order valence-corrected chi connectivity index (χ3v) is 12.1. The molecule has 17 N–H and O–H groups in total. The Hall–Kier alpha value is -6.93. The van der Waals surface area contributed by atoms with Gasteiger partial charge in [-0.2, -0.15) is 0 Å². The number of aliphatic carboxylic acids is 1. The van der Waals surface area contributed by atoms with E-state index in [1.807, 2.05) is 0 Å². The quantitative estimate of drug-likeness (QED) is 0.0498. The Kier molecular flexibility index (Phi) is 27.4. The van der Waals surface area contributed by atoms with Gasteiger partial charge in [0.15, 0.2) is 0 Å². The molecule has 1 aliphatic heterocycles. The van der Waals surface area contributed by atoms with Crippen LogP contribution in [0.2, 0.25) is 0 Å². The van der Waals surface area contributed by atoms with Gasteiger partial charge >= 0.3 is 5.97 Å². The number of unbranched alkanes of at least 4 members (excludes halogenated alkanes) is 5. The largest absolute Gasteiger partial charge is 0.508 e. The van der Waals surface area contributed by atoms with E-state index in [0.717, 1.165) is 45.4 Å². The van der Waals surface area contributed by atoms with Gasteiger partial charge in [-0.3, -0.25) is 52.7 Å². The Morgan fingerprint density at radius 3 is 1.56 bits per heavy atom. The van der Waals surface area contributed by atoms with Crippen LogP contribution in [-0.4, -0.2) is 158 Å². The minimum Gasteiger partial charge on any atom is -0.508 e. The van der Waals surface area contributed by atoms with Gasteiger partial charge in [0, 0.05) is 25.3 Å². The summed E-state index contributed by atoms with van der Waals surface area (Å²) < 4.78 is 0. The molecule has 1 heterocycles. The molecule has 1 saturated heterocycles. The average Bonchev–Trinajstić information content (AvgIpc) is 3.32. The van der Waals surface area contributed by atoms with E-state index in [2.05, 4.69) is 56.4 Å². The van der Waals surface area contributed by atoms with Crippen molar-refractivity contribution < 1.29 is 78.3 Å². The van der Waals surface area contributed by atoms with Crippen molar-refractivity contribution in [3.8, 4) is 5.75 Å². The Labute approximate surface area is 422 Å².